The molecule has 0 saturated carbocycles. The van der Waals surface area contributed by atoms with Crippen LogP contribution in [0.25, 0.3) is 0 Å². The Balaban J connectivity index is 1.65. The van der Waals surface area contributed by atoms with Crippen molar-refractivity contribution < 1.29 is 26.4 Å². The number of sulfonamides is 1. The summed E-state index contributed by atoms with van der Waals surface area (Å²) in [7, 11) is -3.63. The van der Waals surface area contributed by atoms with Crippen molar-refractivity contribution in [3.05, 3.63) is 48.2 Å². The lowest BCUT2D eigenvalue weighted by Gasteiger charge is -2.26. The van der Waals surface area contributed by atoms with Gasteiger partial charge in [-0.05, 0) is 50.1 Å². The third kappa shape index (κ3) is 5.98. The number of alkyl halides is 3. The van der Waals surface area contributed by atoms with Crippen LogP contribution in [0.3, 0.4) is 0 Å². The zero-order valence-electron chi connectivity index (χ0n) is 16.7. The second-order valence-electron chi connectivity index (χ2n) is 7.12. The van der Waals surface area contributed by atoms with Crippen molar-refractivity contribution in [1.29, 1.82) is 0 Å². The number of carbonyl (C=O) groups excluding carboxylic acids is 1. The van der Waals surface area contributed by atoms with E-state index < -0.39 is 32.9 Å². The number of halogens is 3. The summed E-state index contributed by atoms with van der Waals surface area (Å²) in [5.74, 6) is -0.417. The monoisotopic (exact) mass is 473 g/mol. The van der Waals surface area contributed by atoms with Gasteiger partial charge in [-0.3, -0.25) is 4.79 Å². The third-order valence-electron chi connectivity index (χ3n) is 4.78. The van der Waals surface area contributed by atoms with Crippen LogP contribution in [0, 0.1) is 0 Å². The standard InChI is InChI=1S/C20H22F3N3O3S2/c1-14(30-18-9-8-15(13-24-18)20(21,22)23)19(27)25-16-6-5-7-17(12-16)31(28,29)26-10-3-2-4-11-26/h5-9,12-14H,2-4,10-11H2,1H3,(H,25,27). The molecule has 0 spiro atoms. The van der Waals surface area contributed by atoms with Gasteiger partial charge in [0.1, 0.15) is 0 Å². The van der Waals surface area contributed by atoms with Crippen LogP contribution < -0.4 is 5.32 Å². The lowest BCUT2D eigenvalue weighted by atomic mass is 10.2. The molecule has 1 aliphatic heterocycles. The molecule has 1 aromatic heterocycles. The van der Waals surface area contributed by atoms with E-state index in [1.807, 2.05) is 0 Å². The van der Waals surface area contributed by atoms with Gasteiger partial charge in [-0.1, -0.05) is 24.2 Å². The van der Waals surface area contributed by atoms with E-state index in [1.165, 1.54) is 22.5 Å². The second kappa shape index (κ2) is 9.58. The highest BCUT2D eigenvalue weighted by Crippen LogP contribution is 2.30. The Labute approximate surface area is 183 Å². The Kier molecular flexibility index (Phi) is 7.28. The molecule has 1 fully saturated rings. The van der Waals surface area contributed by atoms with Crippen molar-refractivity contribution in [2.75, 3.05) is 18.4 Å². The van der Waals surface area contributed by atoms with Gasteiger partial charge < -0.3 is 5.32 Å². The molecule has 31 heavy (non-hydrogen) atoms. The molecule has 1 unspecified atom stereocenters. The van der Waals surface area contributed by atoms with Gasteiger partial charge in [0.2, 0.25) is 15.9 Å². The number of piperidine rings is 1. The number of anilines is 1. The van der Waals surface area contributed by atoms with Gasteiger partial charge >= 0.3 is 6.18 Å². The molecule has 168 valence electrons. The van der Waals surface area contributed by atoms with E-state index in [0.29, 0.717) is 18.8 Å². The Hall–Kier alpha value is -2.11. The van der Waals surface area contributed by atoms with E-state index in [1.54, 1.807) is 19.1 Å². The topological polar surface area (TPSA) is 79.4 Å². The van der Waals surface area contributed by atoms with Crippen LogP contribution in [0.2, 0.25) is 0 Å². The van der Waals surface area contributed by atoms with E-state index in [4.69, 9.17) is 0 Å². The fraction of sp³-hybridized carbons (Fsp3) is 0.400. The first-order valence-electron chi connectivity index (χ1n) is 9.68. The summed E-state index contributed by atoms with van der Waals surface area (Å²) in [5.41, 5.74) is -0.531. The average molecular weight is 474 g/mol. The molecule has 0 bridgehead atoms. The van der Waals surface area contributed by atoms with Crippen LogP contribution in [0.1, 0.15) is 31.7 Å². The van der Waals surface area contributed by atoms with E-state index in [-0.39, 0.29) is 9.92 Å². The maximum atomic E-state index is 12.8. The third-order valence-corrected chi connectivity index (χ3v) is 7.73. The van der Waals surface area contributed by atoms with Crippen molar-refractivity contribution in [1.82, 2.24) is 9.29 Å². The van der Waals surface area contributed by atoms with E-state index in [9.17, 15) is 26.4 Å². The maximum Gasteiger partial charge on any atom is 0.417 e. The number of rotatable bonds is 6. The fourth-order valence-corrected chi connectivity index (χ4v) is 5.44. The molecule has 11 heteroatoms. The summed E-state index contributed by atoms with van der Waals surface area (Å²) >= 11 is 1.01. The summed E-state index contributed by atoms with van der Waals surface area (Å²) in [6, 6.07) is 8.17. The van der Waals surface area contributed by atoms with Gasteiger partial charge in [0.05, 0.1) is 20.7 Å². The lowest BCUT2D eigenvalue weighted by molar-refractivity contribution is -0.137. The number of aromatic nitrogens is 1. The number of carbonyl (C=O) groups is 1. The van der Waals surface area contributed by atoms with E-state index >= 15 is 0 Å². The average Bonchev–Trinajstić information content (AvgIpc) is 2.74. The molecule has 2 heterocycles. The summed E-state index contributed by atoms with van der Waals surface area (Å²) in [6.45, 7) is 2.55. The maximum absolute atomic E-state index is 12.8. The zero-order valence-corrected chi connectivity index (χ0v) is 18.4. The SMILES string of the molecule is CC(Sc1ccc(C(F)(F)F)cn1)C(=O)Nc1cccc(S(=O)(=O)N2CCCCC2)c1. The molecule has 3 rings (SSSR count). The van der Waals surface area contributed by atoms with Crippen LogP contribution in [0.5, 0.6) is 0 Å². The first-order chi connectivity index (χ1) is 14.6. The number of hydrogen-bond donors (Lipinski definition) is 1. The van der Waals surface area contributed by atoms with Gasteiger partial charge in [0.15, 0.2) is 0 Å². The van der Waals surface area contributed by atoms with Gasteiger partial charge in [0.25, 0.3) is 0 Å². The molecule has 0 aliphatic carbocycles. The largest absolute Gasteiger partial charge is 0.417 e. The predicted molar refractivity (Wildman–Crippen MR) is 112 cm³/mol. The van der Waals surface area contributed by atoms with Gasteiger partial charge in [-0.15, -0.1) is 0 Å². The number of hydrogen-bond acceptors (Lipinski definition) is 5. The first-order valence-corrected chi connectivity index (χ1v) is 12.0. The van der Waals surface area contributed by atoms with Gasteiger partial charge in [-0.25, -0.2) is 13.4 Å². The number of nitrogens with one attached hydrogen (secondary N) is 1. The van der Waals surface area contributed by atoms with Crippen LogP contribution in [-0.2, 0) is 21.0 Å². The van der Waals surface area contributed by atoms with Crippen molar-refractivity contribution in [3.8, 4) is 0 Å². The van der Waals surface area contributed by atoms with Gasteiger partial charge in [-0.2, -0.15) is 17.5 Å². The zero-order chi connectivity index (χ0) is 22.6. The van der Waals surface area contributed by atoms with Crippen LogP contribution in [-0.4, -0.2) is 42.0 Å². The Morgan fingerprint density at radius 2 is 1.87 bits per heavy atom. The predicted octanol–water partition coefficient (Wildman–Crippen LogP) is 4.39. The lowest BCUT2D eigenvalue weighted by Crippen LogP contribution is -2.35. The Bertz CT molecular complexity index is 1020. The minimum Gasteiger partial charge on any atom is -0.325 e. The number of thioether (sulfide) groups is 1. The quantitative estimate of drug-likeness (QED) is 0.630. The van der Waals surface area contributed by atoms with Crippen molar-refractivity contribution in [2.45, 2.75) is 47.5 Å². The number of benzene rings is 1. The molecule has 2 aromatic rings. The molecule has 6 nitrogen and oxygen atoms in total. The molecular formula is C20H22F3N3O3S2. The second-order valence-corrected chi connectivity index (χ2v) is 10.4. The molecule has 1 amide bonds. The highest BCUT2D eigenvalue weighted by Gasteiger charge is 2.31. The molecule has 1 N–H and O–H groups in total. The normalized spacial score (nSPS) is 16.6. The number of nitrogens with zero attached hydrogens (tertiary/aromatic N) is 2. The van der Waals surface area contributed by atoms with Crippen LogP contribution in [0.4, 0.5) is 18.9 Å². The van der Waals surface area contributed by atoms with E-state index in [0.717, 1.165) is 43.3 Å². The minimum atomic E-state index is -4.47. The van der Waals surface area contributed by atoms with E-state index in [2.05, 4.69) is 10.3 Å². The summed E-state index contributed by atoms with van der Waals surface area (Å²) in [5, 5.41) is 2.28. The number of amides is 1. The van der Waals surface area contributed by atoms with Crippen LogP contribution >= 0.6 is 11.8 Å². The molecule has 1 atom stereocenters. The fourth-order valence-electron chi connectivity index (χ4n) is 3.08. The summed E-state index contributed by atoms with van der Waals surface area (Å²) in [6.07, 6.45) is -1.10. The molecular weight excluding hydrogens is 451 g/mol. The molecule has 1 aromatic carbocycles. The smallest absolute Gasteiger partial charge is 0.325 e. The first kappa shape index (κ1) is 23.6. The highest BCUT2D eigenvalue weighted by atomic mass is 32.2. The van der Waals surface area contributed by atoms with Crippen molar-refractivity contribution >= 4 is 33.4 Å². The van der Waals surface area contributed by atoms with Gasteiger partial charge in [0, 0.05) is 25.0 Å². The van der Waals surface area contributed by atoms with Crippen LogP contribution in [0.15, 0.2) is 52.5 Å². The Morgan fingerprint density at radius 1 is 1.16 bits per heavy atom. The molecule has 1 saturated heterocycles. The summed E-state index contributed by atoms with van der Waals surface area (Å²) in [4.78, 5) is 16.4. The van der Waals surface area contributed by atoms with Crippen molar-refractivity contribution in [3.63, 3.8) is 0 Å². The Morgan fingerprint density at radius 3 is 2.48 bits per heavy atom. The minimum absolute atomic E-state index is 0.108. The molecule has 1 aliphatic rings. The highest BCUT2D eigenvalue weighted by molar-refractivity contribution is 8.00. The molecule has 0 radical (unpaired) electrons. The summed E-state index contributed by atoms with van der Waals surface area (Å²) < 4.78 is 65.0. The van der Waals surface area contributed by atoms with Crippen molar-refractivity contribution in [2.24, 2.45) is 0 Å². The number of pyridine rings is 1.